The summed E-state index contributed by atoms with van der Waals surface area (Å²) in [6.07, 6.45) is 1.70. The fourth-order valence-electron chi connectivity index (χ4n) is 2.13. The van der Waals surface area contributed by atoms with Crippen LogP contribution in [0.1, 0.15) is 17.4 Å². The van der Waals surface area contributed by atoms with Crippen LogP contribution in [0.15, 0.2) is 42.6 Å². The van der Waals surface area contributed by atoms with Gasteiger partial charge in [0.1, 0.15) is 5.01 Å². The highest BCUT2D eigenvalue weighted by Crippen LogP contribution is 2.35. The SMILES string of the molecule is CCn1nccc1-c1nc(C(=O)O)c(-c2ccccc2)s1. The zero-order chi connectivity index (χ0) is 14.8. The minimum Gasteiger partial charge on any atom is -0.476 e. The van der Waals surface area contributed by atoms with Crippen molar-refractivity contribution in [3.8, 4) is 21.1 Å². The van der Waals surface area contributed by atoms with Crippen LogP contribution in [0.25, 0.3) is 21.1 Å². The molecule has 21 heavy (non-hydrogen) atoms. The van der Waals surface area contributed by atoms with Crippen molar-refractivity contribution >= 4 is 17.3 Å². The molecule has 0 saturated carbocycles. The van der Waals surface area contributed by atoms with Gasteiger partial charge in [0.25, 0.3) is 0 Å². The third-order valence-electron chi connectivity index (χ3n) is 3.10. The molecule has 0 spiro atoms. The first-order valence-electron chi connectivity index (χ1n) is 6.52. The summed E-state index contributed by atoms with van der Waals surface area (Å²) in [5.41, 5.74) is 1.79. The summed E-state index contributed by atoms with van der Waals surface area (Å²) in [4.78, 5) is 16.4. The average Bonchev–Trinajstić information content (AvgIpc) is 3.14. The van der Waals surface area contributed by atoms with Gasteiger partial charge in [0.05, 0.1) is 10.6 Å². The maximum absolute atomic E-state index is 11.5. The van der Waals surface area contributed by atoms with Gasteiger partial charge in [0.15, 0.2) is 5.69 Å². The number of hydrogen-bond acceptors (Lipinski definition) is 4. The lowest BCUT2D eigenvalue weighted by molar-refractivity contribution is 0.0692. The summed E-state index contributed by atoms with van der Waals surface area (Å²) in [6, 6.07) is 11.3. The number of rotatable bonds is 4. The molecule has 0 amide bonds. The first-order valence-corrected chi connectivity index (χ1v) is 7.34. The van der Waals surface area contributed by atoms with Crippen molar-refractivity contribution < 1.29 is 9.90 Å². The van der Waals surface area contributed by atoms with E-state index in [4.69, 9.17) is 0 Å². The minimum atomic E-state index is -1.01. The van der Waals surface area contributed by atoms with Crippen LogP contribution < -0.4 is 0 Å². The van der Waals surface area contributed by atoms with Crippen LogP contribution >= 0.6 is 11.3 Å². The molecular formula is C15H13N3O2S. The molecule has 3 aromatic rings. The van der Waals surface area contributed by atoms with Crippen LogP contribution in [0, 0.1) is 0 Å². The number of thiazole rings is 1. The Balaban J connectivity index is 2.16. The van der Waals surface area contributed by atoms with Crippen LogP contribution in [-0.2, 0) is 6.54 Å². The number of aryl methyl sites for hydroxylation is 1. The van der Waals surface area contributed by atoms with E-state index in [1.54, 1.807) is 10.9 Å². The number of hydrogen-bond donors (Lipinski definition) is 1. The number of nitrogens with zero attached hydrogens (tertiary/aromatic N) is 3. The number of aromatic nitrogens is 3. The molecular weight excluding hydrogens is 286 g/mol. The van der Waals surface area contributed by atoms with Gasteiger partial charge in [-0.2, -0.15) is 5.10 Å². The maximum Gasteiger partial charge on any atom is 0.356 e. The fraction of sp³-hybridized carbons (Fsp3) is 0.133. The Morgan fingerprint density at radius 1 is 1.29 bits per heavy atom. The summed E-state index contributed by atoms with van der Waals surface area (Å²) in [5, 5.41) is 14.3. The molecule has 0 atom stereocenters. The Kier molecular flexibility index (Phi) is 3.53. The molecule has 0 aliphatic heterocycles. The van der Waals surface area contributed by atoms with Gasteiger partial charge < -0.3 is 5.11 Å². The average molecular weight is 299 g/mol. The maximum atomic E-state index is 11.5. The largest absolute Gasteiger partial charge is 0.476 e. The highest BCUT2D eigenvalue weighted by Gasteiger charge is 2.20. The van der Waals surface area contributed by atoms with E-state index in [9.17, 15) is 9.90 Å². The van der Waals surface area contributed by atoms with Crippen molar-refractivity contribution in [2.24, 2.45) is 0 Å². The summed E-state index contributed by atoms with van der Waals surface area (Å²) >= 11 is 1.38. The zero-order valence-electron chi connectivity index (χ0n) is 11.4. The third-order valence-corrected chi connectivity index (χ3v) is 4.23. The zero-order valence-corrected chi connectivity index (χ0v) is 12.2. The van der Waals surface area contributed by atoms with Gasteiger partial charge in [-0.15, -0.1) is 11.3 Å². The Morgan fingerprint density at radius 2 is 2.05 bits per heavy atom. The van der Waals surface area contributed by atoms with Crippen molar-refractivity contribution in [2.45, 2.75) is 13.5 Å². The quantitative estimate of drug-likeness (QED) is 0.801. The molecule has 0 radical (unpaired) electrons. The van der Waals surface area contributed by atoms with Gasteiger partial charge in [-0.25, -0.2) is 9.78 Å². The summed E-state index contributed by atoms with van der Waals surface area (Å²) in [7, 11) is 0. The predicted molar refractivity (Wildman–Crippen MR) is 81.4 cm³/mol. The van der Waals surface area contributed by atoms with E-state index in [-0.39, 0.29) is 5.69 Å². The first-order chi connectivity index (χ1) is 10.2. The molecule has 1 N–H and O–H groups in total. The Labute approximate surface area is 125 Å². The van der Waals surface area contributed by atoms with Gasteiger partial charge in [0.2, 0.25) is 0 Å². The van der Waals surface area contributed by atoms with E-state index in [0.717, 1.165) is 11.3 Å². The summed E-state index contributed by atoms with van der Waals surface area (Å²) in [5.74, 6) is -1.01. The molecule has 0 fully saturated rings. The lowest BCUT2D eigenvalue weighted by atomic mass is 10.1. The summed E-state index contributed by atoms with van der Waals surface area (Å²) in [6.45, 7) is 2.70. The number of carbonyl (C=O) groups is 1. The third kappa shape index (κ3) is 2.45. The molecule has 1 aromatic carbocycles. The Bertz CT molecular complexity index is 777. The number of aromatic carboxylic acids is 1. The van der Waals surface area contributed by atoms with Crippen LogP contribution in [0.3, 0.4) is 0 Å². The predicted octanol–water partition coefficient (Wildman–Crippen LogP) is 3.39. The van der Waals surface area contributed by atoms with Gasteiger partial charge in [-0.1, -0.05) is 30.3 Å². The molecule has 0 unspecified atom stereocenters. The second-order valence-corrected chi connectivity index (χ2v) is 5.40. The second-order valence-electron chi connectivity index (χ2n) is 4.40. The highest BCUT2D eigenvalue weighted by molar-refractivity contribution is 7.18. The first kappa shape index (κ1) is 13.5. The van der Waals surface area contributed by atoms with Crippen LogP contribution in [0.2, 0.25) is 0 Å². The van der Waals surface area contributed by atoms with E-state index in [2.05, 4.69) is 10.1 Å². The smallest absolute Gasteiger partial charge is 0.356 e. The van der Waals surface area contributed by atoms with Crippen molar-refractivity contribution in [3.63, 3.8) is 0 Å². The van der Waals surface area contributed by atoms with Gasteiger partial charge in [0, 0.05) is 12.7 Å². The van der Waals surface area contributed by atoms with E-state index in [1.165, 1.54) is 11.3 Å². The lowest BCUT2D eigenvalue weighted by Gasteiger charge is -1.99. The van der Waals surface area contributed by atoms with Crippen molar-refractivity contribution in [2.75, 3.05) is 0 Å². The molecule has 3 rings (SSSR count). The monoisotopic (exact) mass is 299 g/mol. The van der Waals surface area contributed by atoms with E-state index in [0.29, 0.717) is 16.4 Å². The number of carboxylic acid groups (broad SMARTS) is 1. The minimum absolute atomic E-state index is 0.0880. The lowest BCUT2D eigenvalue weighted by Crippen LogP contribution is -2.00. The molecule has 0 aliphatic carbocycles. The molecule has 2 aromatic heterocycles. The van der Waals surface area contributed by atoms with Gasteiger partial charge in [-0.3, -0.25) is 4.68 Å². The second kappa shape index (κ2) is 5.49. The fourth-order valence-corrected chi connectivity index (χ4v) is 3.22. The van der Waals surface area contributed by atoms with Gasteiger partial charge in [-0.05, 0) is 18.6 Å². The van der Waals surface area contributed by atoms with E-state index in [1.807, 2.05) is 43.3 Å². The van der Waals surface area contributed by atoms with E-state index >= 15 is 0 Å². The van der Waals surface area contributed by atoms with Crippen molar-refractivity contribution in [1.82, 2.24) is 14.8 Å². The molecule has 0 saturated heterocycles. The van der Waals surface area contributed by atoms with Gasteiger partial charge >= 0.3 is 5.97 Å². The highest BCUT2D eigenvalue weighted by atomic mass is 32.1. The van der Waals surface area contributed by atoms with Crippen LogP contribution in [-0.4, -0.2) is 25.8 Å². The molecule has 5 nitrogen and oxygen atoms in total. The molecule has 0 aliphatic rings. The molecule has 106 valence electrons. The Hall–Kier alpha value is -2.47. The molecule has 6 heteroatoms. The van der Waals surface area contributed by atoms with Crippen LogP contribution in [0.4, 0.5) is 0 Å². The number of benzene rings is 1. The summed E-state index contributed by atoms with van der Waals surface area (Å²) < 4.78 is 1.80. The standard InChI is InChI=1S/C15H13N3O2S/c1-2-18-11(8-9-16-18)14-17-12(15(19)20)13(21-14)10-6-4-3-5-7-10/h3-9H,2H2,1H3,(H,19,20). The topological polar surface area (TPSA) is 68.0 Å². The van der Waals surface area contributed by atoms with Crippen LogP contribution in [0.5, 0.6) is 0 Å². The molecule has 0 bridgehead atoms. The normalized spacial score (nSPS) is 10.7. The van der Waals surface area contributed by atoms with Crippen molar-refractivity contribution in [1.29, 1.82) is 0 Å². The van der Waals surface area contributed by atoms with Crippen molar-refractivity contribution in [3.05, 3.63) is 48.3 Å². The number of carboxylic acids is 1. The molecule has 2 heterocycles. The Morgan fingerprint density at radius 3 is 2.71 bits per heavy atom. The van der Waals surface area contributed by atoms with E-state index < -0.39 is 5.97 Å².